The van der Waals surface area contributed by atoms with E-state index >= 15 is 0 Å². The molecule has 102 valence electrons. The molecule has 0 saturated heterocycles. The van der Waals surface area contributed by atoms with Gasteiger partial charge in [0, 0.05) is 28.7 Å². The Morgan fingerprint density at radius 2 is 2.05 bits per heavy atom. The molecule has 0 radical (unpaired) electrons. The summed E-state index contributed by atoms with van der Waals surface area (Å²) < 4.78 is 7.33. The number of rotatable bonds is 3. The molecule has 0 fully saturated rings. The predicted octanol–water partition coefficient (Wildman–Crippen LogP) is 4.03. The Balaban J connectivity index is 2.04. The van der Waals surface area contributed by atoms with E-state index in [4.69, 9.17) is 16.3 Å². The zero-order valence-electron chi connectivity index (χ0n) is 11.4. The largest absolute Gasteiger partial charge is 0.460 e. The van der Waals surface area contributed by atoms with Gasteiger partial charge < -0.3 is 9.30 Å². The van der Waals surface area contributed by atoms with E-state index in [0.29, 0.717) is 13.0 Å². The Kier molecular flexibility index (Phi) is 3.85. The first-order valence-corrected chi connectivity index (χ1v) is 6.69. The number of hydrogen-bond acceptors (Lipinski definition) is 2. The summed E-state index contributed by atoms with van der Waals surface area (Å²) in [5.41, 5.74) is 0.650. The molecule has 0 N–H and O–H groups in total. The van der Waals surface area contributed by atoms with Gasteiger partial charge >= 0.3 is 5.97 Å². The second-order valence-corrected chi connectivity index (χ2v) is 5.99. The standard InChI is InChI=1S/C15H18ClNO2/c1-15(2,3)19-14(18)7-9-17-8-6-11-10-12(16)4-5-13(11)17/h4-6,8,10H,7,9H2,1-3H3. The van der Waals surface area contributed by atoms with Crippen molar-refractivity contribution in [3.63, 3.8) is 0 Å². The lowest BCUT2D eigenvalue weighted by molar-refractivity contribution is -0.155. The molecule has 1 aromatic carbocycles. The van der Waals surface area contributed by atoms with E-state index in [2.05, 4.69) is 0 Å². The number of halogens is 1. The van der Waals surface area contributed by atoms with Crippen LogP contribution in [0.1, 0.15) is 27.2 Å². The van der Waals surface area contributed by atoms with Gasteiger partial charge in [0.2, 0.25) is 0 Å². The minimum Gasteiger partial charge on any atom is -0.460 e. The van der Waals surface area contributed by atoms with Crippen LogP contribution in [0.4, 0.5) is 0 Å². The van der Waals surface area contributed by atoms with E-state index < -0.39 is 5.60 Å². The van der Waals surface area contributed by atoms with Crippen LogP contribution in [0.25, 0.3) is 10.9 Å². The molecule has 0 aliphatic carbocycles. The summed E-state index contributed by atoms with van der Waals surface area (Å²) in [6.45, 7) is 6.23. The van der Waals surface area contributed by atoms with Crippen molar-refractivity contribution in [2.45, 2.75) is 39.3 Å². The minimum atomic E-state index is -0.427. The van der Waals surface area contributed by atoms with Gasteiger partial charge in [-0.1, -0.05) is 11.6 Å². The van der Waals surface area contributed by atoms with Crippen LogP contribution in [0.15, 0.2) is 30.5 Å². The first kappa shape index (κ1) is 13.9. The second-order valence-electron chi connectivity index (χ2n) is 5.55. The number of nitrogens with zero attached hydrogens (tertiary/aromatic N) is 1. The number of aromatic nitrogens is 1. The van der Waals surface area contributed by atoms with Crippen molar-refractivity contribution in [3.05, 3.63) is 35.5 Å². The van der Waals surface area contributed by atoms with Crippen molar-refractivity contribution in [2.75, 3.05) is 0 Å². The van der Waals surface area contributed by atoms with E-state index in [1.54, 1.807) is 0 Å². The van der Waals surface area contributed by atoms with Gasteiger partial charge in [-0.3, -0.25) is 4.79 Å². The molecule has 1 aromatic heterocycles. The third kappa shape index (κ3) is 3.74. The molecule has 19 heavy (non-hydrogen) atoms. The first-order valence-electron chi connectivity index (χ1n) is 6.31. The Bertz CT molecular complexity index is 596. The Hall–Kier alpha value is -1.48. The van der Waals surface area contributed by atoms with Crippen molar-refractivity contribution >= 4 is 28.5 Å². The maximum Gasteiger partial charge on any atom is 0.308 e. The van der Waals surface area contributed by atoms with Gasteiger partial charge in [-0.25, -0.2) is 0 Å². The lowest BCUT2D eigenvalue weighted by Gasteiger charge is -2.19. The molecule has 2 rings (SSSR count). The third-order valence-electron chi connectivity index (χ3n) is 2.71. The number of carbonyl (C=O) groups is 1. The average Bonchev–Trinajstić information content (AvgIpc) is 2.66. The molecule has 0 amide bonds. The normalized spacial score (nSPS) is 11.8. The van der Waals surface area contributed by atoms with Crippen LogP contribution in [0, 0.1) is 0 Å². The van der Waals surface area contributed by atoms with Crippen LogP contribution in [-0.2, 0) is 16.1 Å². The number of esters is 1. The highest BCUT2D eigenvalue weighted by atomic mass is 35.5. The maximum absolute atomic E-state index is 11.7. The van der Waals surface area contributed by atoms with Gasteiger partial charge in [0.25, 0.3) is 0 Å². The fourth-order valence-electron chi connectivity index (χ4n) is 1.97. The number of fused-ring (bicyclic) bond motifs is 1. The fourth-order valence-corrected chi connectivity index (χ4v) is 2.15. The lowest BCUT2D eigenvalue weighted by atomic mass is 10.2. The number of aryl methyl sites for hydroxylation is 1. The van der Waals surface area contributed by atoms with Gasteiger partial charge in [-0.2, -0.15) is 0 Å². The molecule has 0 spiro atoms. The van der Waals surface area contributed by atoms with Crippen LogP contribution in [0.5, 0.6) is 0 Å². The summed E-state index contributed by atoms with van der Waals surface area (Å²) in [7, 11) is 0. The van der Waals surface area contributed by atoms with Crippen molar-refractivity contribution in [3.8, 4) is 0 Å². The number of carbonyl (C=O) groups excluding carboxylic acids is 1. The highest BCUT2D eigenvalue weighted by Gasteiger charge is 2.16. The van der Waals surface area contributed by atoms with Gasteiger partial charge in [0.15, 0.2) is 0 Å². The van der Waals surface area contributed by atoms with E-state index in [-0.39, 0.29) is 5.97 Å². The Labute approximate surface area is 118 Å². The molecule has 0 aliphatic heterocycles. The molecular weight excluding hydrogens is 262 g/mol. The van der Waals surface area contributed by atoms with Gasteiger partial charge in [0.1, 0.15) is 5.60 Å². The van der Waals surface area contributed by atoms with E-state index in [0.717, 1.165) is 15.9 Å². The molecule has 0 aliphatic rings. The first-order chi connectivity index (χ1) is 8.85. The summed E-state index contributed by atoms with van der Waals surface area (Å²) in [5, 5.41) is 1.80. The van der Waals surface area contributed by atoms with E-state index in [1.165, 1.54) is 0 Å². The van der Waals surface area contributed by atoms with Gasteiger partial charge in [-0.05, 0) is 45.0 Å². The summed E-state index contributed by atoms with van der Waals surface area (Å²) in [6, 6.07) is 7.73. The third-order valence-corrected chi connectivity index (χ3v) is 2.94. The van der Waals surface area contributed by atoms with Crippen molar-refractivity contribution in [2.24, 2.45) is 0 Å². The van der Waals surface area contributed by atoms with Crippen LogP contribution in [-0.4, -0.2) is 16.1 Å². The predicted molar refractivity (Wildman–Crippen MR) is 77.4 cm³/mol. The Morgan fingerprint density at radius 3 is 2.74 bits per heavy atom. The molecule has 4 heteroatoms. The van der Waals surface area contributed by atoms with Gasteiger partial charge in [-0.15, -0.1) is 0 Å². The zero-order chi connectivity index (χ0) is 14.0. The van der Waals surface area contributed by atoms with Crippen LogP contribution < -0.4 is 0 Å². The SMILES string of the molecule is CC(C)(C)OC(=O)CCn1ccc2cc(Cl)ccc21. The maximum atomic E-state index is 11.7. The molecule has 0 unspecified atom stereocenters. The van der Waals surface area contributed by atoms with Crippen LogP contribution >= 0.6 is 11.6 Å². The monoisotopic (exact) mass is 279 g/mol. The number of hydrogen-bond donors (Lipinski definition) is 0. The summed E-state index contributed by atoms with van der Waals surface area (Å²) in [4.78, 5) is 11.7. The van der Waals surface area contributed by atoms with Gasteiger partial charge in [0.05, 0.1) is 6.42 Å². The molecule has 0 atom stereocenters. The average molecular weight is 280 g/mol. The number of ether oxygens (including phenoxy) is 1. The summed E-state index contributed by atoms with van der Waals surface area (Å²) in [6.07, 6.45) is 2.33. The minimum absolute atomic E-state index is 0.177. The molecule has 1 heterocycles. The number of benzene rings is 1. The highest BCUT2D eigenvalue weighted by Crippen LogP contribution is 2.21. The molecule has 3 nitrogen and oxygen atoms in total. The quantitative estimate of drug-likeness (QED) is 0.795. The van der Waals surface area contributed by atoms with Crippen molar-refractivity contribution in [1.82, 2.24) is 4.57 Å². The summed E-state index contributed by atoms with van der Waals surface area (Å²) >= 11 is 5.94. The second kappa shape index (κ2) is 5.25. The Morgan fingerprint density at radius 1 is 1.32 bits per heavy atom. The molecular formula is C15H18ClNO2. The topological polar surface area (TPSA) is 31.2 Å². The molecule has 0 bridgehead atoms. The molecule has 2 aromatic rings. The smallest absolute Gasteiger partial charge is 0.308 e. The zero-order valence-corrected chi connectivity index (χ0v) is 12.2. The highest BCUT2D eigenvalue weighted by molar-refractivity contribution is 6.31. The van der Waals surface area contributed by atoms with E-state index in [1.807, 2.05) is 55.8 Å². The van der Waals surface area contributed by atoms with E-state index in [9.17, 15) is 4.79 Å². The fraction of sp³-hybridized carbons (Fsp3) is 0.400. The van der Waals surface area contributed by atoms with Crippen molar-refractivity contribution in [1.29, 1.82) is 0 Å². The van der Waals surface area contributed by atoms with Crippen molar-refractivity contribution < 1.29 is 9.53 Å². The van der Waals surface area contributed by atoms with Crippen LogP contribution in [0.3, 0.4) is 0 Å². The molecule has 0 saturated carbocycles. The van der Waals surface area contributed by atoms with Crippen LogP contribution in [0.2, 0.25) is 5.02 Å². The summed E-state index contributed by atoms with van der Waals surface area (Å²) in [5.74, 6) is -0.177. The lowest BCUT2D eigenvalue weighted by Crippen LogP contribution is -2.24.